The largest absolute Gasteiger partial charge is 0.383 e. The second-order valence-corrected chi connectivity index (χ2v) is 6.68. The maximum Gasteiger partial charge on any atom is 0.142 e. The van der Waals surface area contributed by atoms with Gasteiger partial charge in [-0.2, -0.15) is 4.37 Å². The summed E-state index contributed by atoms with van der Waals surface area (Å²) in [5, 5.41) is 4.80. The minimum atomic E-state index is 0.593. The molecular weight excluding hydrogens is 256 g/mol. The zero-order valence-corrected chi connectivity index (χ0v) is 12.5. The summed E-state index contributed by atoms with van der Waals surface area (Å²) in [7, 11) is 0. The molecule has 1 unspecified atom stereocenters. The molecule has 0 bridgehead atoms. The second kappa shape index (κ2) is 5.67. The van der Waals surface area contributed by atoms with Crippen LogP contribution in [0.1, 0.15) is 50.5 Å². The molecule has 1 aromatic heterocycles. The number of anilines is 2. The molecule has 0 spiro atoms. The van der Waals surface area contributed by atoms with Crippen LogP contribution >= 0.6 is 11.5 Å². The third-order valence-corrected chi connectivity index (χ3v) is 5.15. The molecule has 1 aliphatic heterocycles. The van der Waals surface area contributed by atoms with Gasteiger partial charge in [-0.25, -0.2) is 0 Å². The average Bonchev–Trinajstić information content (AvgIpc) is 3.21. The number of hydrogen-bond donors (Lipinski definition) is 2. The Morgan fingerprint density at radius 2 is 2.11 bits per heavy atom. The molecule has 19 heavy (non-hydrogen) atoms. The lowest BCUT2D eigenvalue weighted by atomic mass is 10.1. The van der Waals surface area contributed by atoms with Crippen LogP contribution in [-0.4, -0.2) is 34.9 Å². The zero-order chi connectivity index (χ0) is 13.2. The molecule has 3 rings (SSSR count). The van der Waals surface area contributed by atoms with Gasteiger partial charge in [0.2, 0.25) is 0 Å². The molecular formula is C14H24N4S. The third kappa shape index (κ3) is 3.03. The highest BCUT2D eigenvalue weighted by molar-refractivity contribution is 7.10. The molecule has 3 N–H and O–H groups in total. The topological polar surface area (TPSA) is 54.2 Å². The number of nitrogens with zero attached hydrogens (tertiary/aromatic N) is 2. The van der Waals surface area contributed by atoms with E-state index in [1.54, 1.807) is 0 Å². The molecule has 1 aliphatic carbocycles. The Kier molecular flexibility index (Phi) is 3.93. The molecule has 5 heteroatoms. The van der Waals surface area contributed by atoms with Gasteiger partial charge in [0.15, 0.2) is 0 Å². The lowest BCUT2D eigenvalue weighted by Gasteiger charge is -2.32. The van der Waals surface area contributed by atoms with Gasteiger partial charge in [0.1, 0.15) is 10.8 Å². The van der Waals surface area contributed by atoms with E-state index in [2.05, 4.69) is 21.5 Å². The molecule has 1 saturated carbocycles. The van der Waals surface area contributed by atoms with E-state index in [-0.39, 0.29) is 0 Å². The summed E-state index contributed by atoms with van der Waals surface area (Å²) in [6, 6.07) is 0.593. The molecule has 2 fully saturated rings. The van der Waals surface area contributed by atoms with E-state index in [4.69, 9.17) is 5.73 Å². The Hall–Kier alpha value is -0.810. The van der Waals surface area contributed by atoms with Gasteiger partial charge in [-0.05, 0) is 63.1 Å². The fourth-order valence-electron chi connectivity index (χ4n) is 2.93. The van der Waals surface area contributed by atoms with E-state index in [9.17, 15) is 0 Å². The molecule has 106 valence electrons. The van der Waals surface area contributed by atoms with Crippen molar-refractivity contribution in [2.75, 3.05) is 30.7 Å². The van der Waals surface area contributed by atoms with E-state index in [1.807, 2.05) is 0 Å². The van der Waals surface area contributed by atoms with E-state index >= 15 is 0 Å². The summed E-state index contributed by atoms with van der Waals surface area (Å²) in [6.07, 6.45) is 6.65. The van der Waals surface area contributed by atoms with Crippen molar-refractivity contribution in [3.63, 3.8) is 0 Å². The van der Waals surface area contributed by atoms with Gasteiger partial charge in [-0.15, -0.1) is 0 Å². The lowest BCUT2D eigenvalue weighted by Crippen LogP contribution is -2.41. The van der Waals surface area contributed by atoms with Crippen molar-refractivity contribution in [3.05, 3.63) is 5.56 Å². The fraction of sp³-hybridized carbons (Fsp3) is 0.786. The number of nitrogens with two attached hydrogens (primary N) is 1. The Bertz CT molecular complexity index is 421. The van der Waals surface area contributed by atoms with E-state index in [1.165, 1.54) is 67.3 Å². The molecule has 1 atom stereocenters. The Morgan fingerprint density at radius 3 is 2.79 bits per heavy atom. The highest BCUT2D eigenvalue weighted by Gasteiger charge is 2.30. The number of piperidine rings is 1. The Balaban J connectivity index is 1.56. The lowest BCUT2D eigenvalue weighted by molar-refractivity contribution is 0.181. The first-order chi connectivity index (χ1) is 9.25. The smallest absolute Gasteiger partial charge is 0.142 e. The van der Waals surface area contributed by atoms with Crippen molar-refractivity contribution in [2.45, 2.75) is 51.0 Å². The number of nitrogen functional groups attached to an aromatic ring is 1. The molecule has 2 heterocycles. The van der Waals surface area contributed by atoms with Crippen molar-refractivity contribution in [3.8, 4) is 0 Å². The van der Waals surface area contributed by atoms with Gasteiger partial charge in [-0.1, -0.05) is 6.42 Å². The quantitative estimate of drug-likeness (QED) is 0.871. The molecule has 0 amide bonds. The van der Waals surface area contributed by atoms with Crippen molar-refractivity contribution in [2.24, 2.45) is 0 Å². The number of hydrogen-bond acceptors (Lipinski definition) is 5. The molecule has 4 nitrogen and oxygen atoms in total. The first-order valence-corrected chi connectivity index (χ1v) is 8.26. The van der Waals surface area contributed by atoms with E-state index < -0.39 is 0 Å². The number of aromatic nitrogens is 1. The van der Waals surface area contributed by atoms with Gasteiger partial charge in [-0.3, -0.25) is 4.90 Å². The molecule has 2 aliphatic rings. The minimum Gasteiger partial charge on any atom is -0.383 e. The fourth-order valence-corrected chi connectivity index (χ4v) is 3.74. The maximum atomic E-state index is 5.98. The second-order valence-electron chi connectivity index (χ2n) is 5.91. The Morgan fingerprint density at radius 1 is 1.37 bits per heavy atom. The Labute approximate surface area is 119 Å². The van der Waals surface area contributed by atoms with Crippen LogP contribution in [0.15, 0.2) is 0 Å². The van der Waals surface area contributed by atoms with Crippen LogP contribution in [0.4, 0.5) is 10.8 Å². The van der Waals surface area contributed by atoms with Crippen LogP contribution in [0.3, 0.4) is 0 Å². The number of nitrogens with one attached hydrogen (secondary N) is 1. The van der Waals surface area contributed by atoms with E-state index in [0.717, 1.165) is 12.4 Å². The van der Waals surface area contributed by atoms with Crippen molar-refractivity contribution in [1.29, 1.82) is 0 Å². The first-order valence-electron chi connectivity index (χ1n) is 7.48. The monoisotopic (exact) mass is 280 g/mol. The number of rotatable bonds is 5. The van der Waals surface area contributed by atoms with Crippen LogP contribution < -0.4 is 11.1 Å². The molecule has 0 aromatic carbocycles. The number of likely N-dealkylation sites (tertiary alicyclic amines) is 1. The predicted molar refractivity (Wildman–Crippen MR) is 81.9 cm³/mol. The summed E-state index contributed by atoms with van der Waals surface area (Å²) < 4.78 is 4.31. The summed E-state index contributed by atoms with van der Waals surface area (Å²) in [6.45, 7) is 5.83. The summed E-state index contributed by atoms with van der Waals surface area (Å²) in [4.78, 5) is 2.59. The van der Waals surface area contributed by atoms with E-state index in [0.29, 0.717) is 12.0 Å². The van der Waals surface area contributed by atoms with Gasteiger partial charge >= 0.3 is 0 Å². The van der Waals surface area contributed by atoms with Gasteiger partial charge < -0.3 is 11.1 Å². The van der Waals surface area contributed by atoms with Crippen LogP contribution in [0.5, 0.6) is 0 Å². The zero-order valence-electron chi connectivity index (χ0n) is 11.7. The summed E-state index contributed by atoms with van der Waals surface area (Å²) >= 11 is 1.53. The van der Waals surface area contributed by atoms with Crippen molar-refractivity contribution < 1.29 is 0 Å². The SMILES string of the molecule is CC(CNc1snc(N)c1C1CC1)N1CCCCC1. The first kappa shape index (κ1) is 13.2. The van der Waals surface area contributed by atoms with Crippen molar-refractivity contribution >= 4 is 22.4 Å². The predicted octanol–water partition coefficient (Wildman–Crippen LogP) is 2.89. The minimum absolute atomic E-state index is 0.593. The van der Waals surface area contributed by atoms with Crippen LogP contribution in [0.2, 0.25) is 0 Å². The summed E-state index contributed by atoms with van der Waals surface area (Å²) in [5.41, 5.74) is 7.27. The van der Waals surface area contributed by atoms with Crippen molar-refractivity contribution in [1.82, 2.24) is 9.27 Å². The van der Waals surface area contributed by atoms with Gasteiger partial charge in [0.25, 0.3) is 0 Å². The average molecular weight is 280 g/mol. The van der Waals surface area contributed by atoms with Gasteiger partial charge in [0.05, 0.1) is 0 Å². The van der Waals surface area contributed by atoms with Crippen LogP contribution in [0, 0.1) is 0 Å². The third-order valence-electron chi connectivity index (χ3n) is 4.31. The van der Waals surface area contributed by atoms with Crippen LogP contribution in [0.25, 0.3) is 0 Å². The maximum absolute atomic E-state index is 5.98. The van der Waals surface area contributed by atoms with Gasteiger partial charge in [0, 0.05) is 18.2 Å². The standard InChI is InChI=1S/C14H24N4S/c1-10(18-7-3-2-4-8-18)9-16-14-12(11-5-6-11)13(15)17-19-14/h10-11,16H,2-9H2,1H3,(H2,15,17). The summed E-state index contributed by atoms with van der Waals surface area (Å²) in [5.74, 6) is 1.42. The normalized spacial score (nSPS) is 22.4. The van der Waals surface area contributed by atoms with Crippen LogP contribution in [-0.2, 0) is 0 Å². The highest BCUT2D eigenvalue weighted by Crippen LogP contribution is 2.47. The molecule has 1 saturated heterocycles. The molecule has 0 radical (unpaired) electrons. The highest BCUT2D eigenvalue weighted by atomic mass is 32.1. The molecule has 1 aromatic rings.